The van der Waals surface area contributed by atoms with Gasteiger partial charge in [0.15, 0.2) is 5.13 Å². The number of aliphatic hydroxyl groups excluding tert-OH is 1. The van der Waals surface area contributed by atoms with Crippen LogP contribution < -0.4 is 10.6 Å². The number of rotatable bonds is 14. The summed E-state index contributed by atoms with van der Waals surface area (Å²) in [6.07, 6.45) is 4.55. The van der Waals surface area contributed by atoms with E-state index in [9.17, 15) is 14.7 Å². The lowest BCUT2D eigenvalue weighted by Crippen LogP contribution is -2.50. The minimum Gasteiger partial charge on any atom is -0.443 e. The van der Waals surface area contributed by atoms with Gasteiger partial charge in [0.2, 0.25) is 5.91 Å². The molecule has 2 aromatic carbocycles. The molecule has 270 valence electrons. The molecule has 2 aliphatic heterocycles. The van der Waals surface area contributed by atoms with Crippen LogP contribution in [0.25, 0.3) is 10.2 Å². The second-order valence-corrected chi connectivity index (χ2v) is 14.9. The Morgan fingerprint density at radius 1 is 1.06 bits per heavy atom. The van der Waals surface area contributed by atoms with Gasteiger partial charge in [0.1, 0.15) is 6.10 Å². The summed E-state index contributed by atoms with van der Waals surface area (Å²) in [5.41, 5.74) is 2.99. The van der Waals surface area contributed by atoms with Gasteiger partial charge in [0.25, 0.3) is 0 Å². The highest BCUT2D eigenvalue weighted by Crippen LogP contribution is 2.37. The second kappa shape index (κ2) is 18.7. The zero-order valence-corrected chi connectivity index (χ0v) is 31.4. The van der Waals surface area contributed by atoms with E-state index in [1.807, 2.05) is 36.4 Å². The number of anilines is 1. The molecule has 3 aliphatic rings. The zero-order chi connectivity index (χ0) is 32.8. The fraction of sp³-hybridized carbons (Fsp3) is 0.583. The first-order chi connectivity index (χ1) is 22.8. The van der Waals surface area contributed by atoms with Crippen molar-refractivity contribution in [3.05, 3.63) is 59.7 Å². The van der Waals surface area contributed by atoms with Crippen LogP contribution in [0.5, 0.6) is 0 Å². The van der Waals surface area contributed by atoms with Gasteiger partial charge >= 0.3 is 6.09 Å². The molecular formula is C36H53N5O5S3. The topological polar surface area (TPSA) is 116 Å². The number of amides is 2. The molecule has 49 heavy (non-hydrogen) atoms. The molecule has 2 amide bonds. The molecule has 0 bridgehead atoms. The first kappa shape index (κ1) is 39.4. The largest absolute Gasteiger partial charge is 0.443 e. The molecular weight excluding hydrogens is 679 g/mol. The molecule has 6 rings (SSSR count). The number of carbonyl (C=O) groups excluding carboxylic acids is 2. The van der Waals surface area contributed by atoms with E-state index >= 15 is 0 Å². The quantitative estimate of drug-likeness (QED) is 0.205. The third kappa shape index (κ3) is 11.0. The van der Waals surface area contributed by atoms with Crippen molar-refractivity contribution in [2.45, 2.75) is 83.3 Å². The number of aromatic nitrogens is 1. The van der Waals surface area contributed by atoms with Gasteiger partial charge in [-0.05, 0) is 74.4 Å². The van der Waals surface area contributed by atoms with E-state index < -0.39 is 18.2 Å². The third-order valence-electron chi connectivity index (χ3n) is 9.52. The van der Waals surface area contributed by atoms with Crippen molar-refractivity contribution < 1.29 is 24.2 Å². The number of likely N-dealkylation sites (tertiary alicyclic amines) is 1. The predicted molar refractivity (Wildman–Crippen MR) is 205 cm³/mol. The summed E-state index contributed by atoms with van der Waals surface area (Å²) in [5.74, 6) is 0.613. The molecule has 3 N–H and O–H groups in total. The molecule has 5 atom stereocenters. The summed E-state index contributed by atoms with van der Waals surface area (Å²) in [6, 6.07) is 15.6. The number of aliphatic hydroxyl groups is 1. The number of thiazole rings is 1. The van der Waals surface area contributed by atoms with Crippen molar-refractivity contribution in [1.82, 2.24) is 20.1 Å². The molecule has 0 spiro atoms. The van der Waals surface area contributed by atoms with E-state index in [4.69, 9.17) is 9.47 Å². The number of alkyl carbamates (subject to hydrolysis) is 1. The van der Waals surface area contributed by atoms with Crippen LogP contribution in [0.4, 0.5) is 9.93 Å². The Balaban J connectivity index is 0.00000270. The SMILES string of the molecule is CC(C)CN(Cc1ccc2nc(NC(=O)CN3CCCC3)sc2c1)CC(O)C(Cc1ccccc1)NC(=O)OC1COC2CCCC21.S.S. The van der Waals surface area contributed by atoms with Crippen molar-refractivity contribution >= 4 is 65.7 Å². The Bertz CT molecular complexity index is 1490. The van der Waals surface area contributed by atoms with Crippen molar-refractivity contribution in [3.63, 3.8) is 0 Å². The van der Waals surface area contributed by atoms with Crippen LogP contribution >= 0.6 is 38.3 Å². The monoisotopic (exact) mass is 731 g/mol. The Morgan fingerprint density at radius 2 is 1.84 bits per heavy atom. The number of fused-ring (bicyclic) bond motifs is 2. The lowest BCUT2D eigenvalue weighted by Gasteiger charge is -2.31. The fourth-order valence-electron chi connectivity index (χ4n) is 7.32. The van der Waals surface area contributed by atoms with E-state index in [0.717, 1.165) is 73.1 Å². The summed E-state index contributed by atoms with van der Waals surface area (Å²) in [4.78, 5) is 34.8. The van der Waals surface area contributed by atoms with Crippen LogP contribution in [0, 0.1) is 11.8 Å². The molecule has 10 nitrogen and oxygen atoms in total. The highest BCUT2D eigenvalue weighted by Gasteiger charge is 2.42. The average molecular weight is 732 g/mol. The van der Waals surface area contributed by atoms with Crippen molar-refractivity contribution in [3.8, 4) is 0 Å². The van der Waals surface area contributed by atoms with Gasteiger partial charge < -0.3 is 25.2 Å². The molecule has 3 fully saturated rings. The van der Waals surface area contributed by atoms with E-state index in [0.29, 0.717) is 43.7 Å². The van der Waals surface area contributed by atoms with Gasteiger partial charge in [0, 0.05) is 25.6 Å². The first-order valence-corrected chi connectivity index (χ1v) is 18.1. The van der Waals surface area contributed by atoms with Crippen LogP contribution in [-0.4, -0.2) is 95.6 Å². The molecule has 1 aromatic heterocycles. The summed E-state index contributed by atoms with van der Waals surface area (Å²) >= 11 is 1.48. The number of nitrogens with zero attached hydrogens (tertiary/aromatic N) is 3. The zero-order valence-electron chi connectivity index (χ0n) is 28.6. The number of benzene rings is 2. The number of ether oxygens (including phenoxy) is 2. The van der Waals surface area contributed by atoms with Crippen LogP contribution in [0.3, 0.4) is 0 Å². The fourth-order valence-corrected chi connectivity index (χ4v) is 8.26. The third-order valence-corrected chi connectivity index (χ3v) is 10.5. The summed E-state index contributed by atoms with van der Waals surface area (Å²) in [5, 5.41) is 18.3. The van der Waals surface area contributed by atoms with Crippen LogP contribution in [-0.2, 0) is 27.2 Å². The minimum atomic E-state index is -0.829. The Hall–Kier alpha value is -2.39. The maximum Gasteiger partial charge on any atom is 0.407 e. The molecule has 0 radical (unpaired) electrons. The number of hydrogen-bond acceptors (Lipinski definition) is 9. The molecule has 2 saturated heterocycles. The molecule has 13 heteroatoms. The van der Waals surface area contributed by atoms with Gasteiger partial charge in [0.05, 0.1) is 41.6 Å². The second-order valence-electron chi connectivity index (χ2n) is 13.9. The lowest BCUT2D eigenvalue weighted by atomic mass is 10.00. The Morgan fingerprint density at radius 3 is 2.59 bits per heavy atom. The number of nitrogens with one attached hydrogen (secondary N) is 2. The van der Waals surface area contributed by atoms with Crippen LogP contribution in [0.1, 0.15) is 57.1 Å². The van der Waals surface area contributed by atoms with Gasteiger partial charge in [-0.25, -0.2) is 9.78 Å². The molecule has 3 heterocycles. The summed E-state index contributed by atoms with van der Waals surface area (Å²) in [7, 11) is 0. The van der Waals surface area contributed by atoms with Crippen LogP contribution in [0.15, 0.2) is 48.5 Å². The van der Waals surface area contributed by atoms with Gasteiger partial charge in [-0.3, -0.25) is 14.6 Å². The normalized spacial score (nSPS) is 21.6. The van der Waals surface area contributed by atoms with Gasteiger partial charge in [-0.1, -0.05) is 68.0 Å². The molecule has 1 saturated carbocycles. The summed E-state index contributed by atoms with van der Waals surface area (Å²) < 4.78 is 12.8. The van der Waals surface area contributed by atoms with E-state index in [1.165, 1.54) is 11.3 Å². The van der Waals surface area contributed by atoms with Crippen molar-refractivity contribution in [2.24, 2.45) is 11.8 Å². The Labute approximate surface area is 308 Å². The highest BCUT2D eigenvalue weighted by molar-refractivity contribution is 7.59. The van der Waals surface area contributed by atoms with E-state index in [2.05, 4.69) is 51.4 Å². The molecule has 5 unspecified atom stereocenters. The van der Waals surface area contributed by atoms with Gasteiger partial charge in [-0.2, -0.15) is 27.0 Å². The predicted octanol–water partition coefficient (Wildman–Crippen LogP) is 5.28. The smallest absolute Gasteiger partial charge is 0.407 e. The first-order valence-electron chi connectivity index (χ1n) is 17.2. The van der Waals surface area contributed by atoms with Gasteiger partial charge in [-0.15, -0.1) is 0 Å². The minimum absolute atomic E-state index is 0. The van der Waals surface area contributed by atoms with Crippen molar-refractivity contribution in [2.75, 3.05) is 44.6 Å². The highest BCUT2D eigenvalue weighted by atomic mass is 32.1. The number of carbonyl (C=O) groups is 2. The lowest BCUT2D eigenvalue weighted by molar-refractivity contribution is -0.117. The van der Waals surface area contributed by atoms with E-state index in [-0.39, 0.29) is 51.0 Å². The van der Waals surface area contributed by atoms with Crippen LogP contribution in [0.2, 0.25) is 0 Å². The maximum atomic E-state index is 13.2. The summed E-state index contributed by atoms with van der Waals surface area (Å²) in [6.45, 7) is 8.91. The molecule has 1 aliphatic carbocycles. The van der Waals surface area contributed by atoms with Crippen molar-refractivity contribution in [1.29, 1.82) is 0 Å². The van der Waals surface area contributed by atoms with E-state index in [1.54, 1.807) is 0 Å². The number of hydrogen-bond donors (Lipinski definition) is 3. The maximum absolute atomic E-state index is 13.2. The average Bonchev–Trinajstić information content (AvgIpc) is 3.84. The Kier molecular flexibility index (Phi) is 15.1. The standard InChI is InChI=1S/C36H49N5O5S.2H2S/c1-24(2)19-41(20-26-13-14-28-33(18-26)47-35(37-28)39-34(43)22-40-15-6-7-16-40)21-30(42)29(17-25-9-4-3-5-10-25)38-36(44)46-32-23-45-31-12-8-11-27(31)32;;/h3-5,9-10,13-14,18,24,27,29-32,42H,6-8,11-12,15-17,19-23H2,1-2H3,(H,38,44)(H,37,39,43);2*1H2. The molecule has 3 aromatic rings.